The average Bonchev–Trinajstić information content (AvgIpc) is 3.30. The summed E-state index contributed by atoms with van der Waals surface area (Å²) in [6, 6.07) is 10.4. The van der Waals surface area contributed by atoms with Crippen LogP contribution in [0.2, 0.25) is 0 Å². The van der Waals surface area contributed by atoms with Gasteiger partial charge in [-0.15, -0.1) is 0 Å². The Morgan fingerprint density at radius 1 is 1.18 bits per heavy atom. The molecule has 1 saturated heterocycles. The normalized spacial score (nSPS) is 20.1. The molecule has 2 aliphatic rings. The second-order valence-corrected chi connectivity index (χ2v) is 9.73. The van der Waals surface area contributed by atoms with Gasteiger partial charge in [0.1, 0.15) is 34.8 Å². The minimum atomic E-state index is -1.07. The lowest BCUT2D eigenvalue weighted by molar-refractivity contribution is -0.132. The van der Waals surface area contributed by atoms with E-state index in [-0.39, 0.29) is 47.6 Å². The van der Waals surface area contributed by atoms with Gasteiger partial charge < -0.3 is 26.4 Å². The first-order valence-electron chi connectivity index (χ1n) is 12.5. The molecule has 0 bridgehead atoms. The van der Waals surface area contributed by atoms with E-state index in [9.17, 15) is 23.2 Å². The Balaban J connectivity index is 1.31. The second-order valence-electron chi connectivity index (χ2n) is 9.73. The number of nitrogen functional groups attached to an aromatic ring is 1. The summed E-state index contributed by atoms with van der Waals surface area (Å²) in [4.78, 5) is 38.9. The molecule has 1 aliphatic heterocycles. The van der Waals surface area contributed by atoms with Crippen molar-refractivity contribution in [3.05, 3.63) is 65.0 Å². The van der Waals surface area contributed by atoms with Crippen LogP contribution in [-0.2, 0) is 11.3 Å². The van der Waals surface area contributed by atoms with Crippen LogP contribution in [0.1, 0.15) is 45.2 Å². The minimum absolute atomic E-state index is 0.0741. The Morgan fingerprint density at radius 2 is 1.90 bits per heavy atom. The number of nitrogens with two attached hydrogens (primary N) is 2. The first-order valence-corrected chi connectivity index (χ1v) is 12.5. The van der Waals surface area contributed by atoms with Gasteiger partial charge in [-0.25, -0.2) is 13.5 Å². The molecule has 0 spiro atoms. The van der Waals surface area contributed by atoms with Crippen LogP contribution in [-0.4, -0.2) is 58.8 Å². The Bertz CT molecular complexity index is 1440. The van der Waals surface area contributed by atoms with Crippen molar-refractivity contribution in [3.63, 3.8) is 0 Å². The van der Waals surface area contributed by atoms with Crippen LogP contribution in [0.5, 0.6) is 5.75 Å². The van der Waals surface area contributed by atoms with Crippen LogP contribution in [0.25, 0.3) is 11.3 Å². The van der Waals surface area contributed by atoms with Crippen molar-refractivity contribution in [3.8, 4) is 17.0 Å². The second kappa shape index (κ2) is 10.4. The summed E-state index contributed by atoms with van der Waals surface area (Å²) in [5, 5.41) is 7.31. The minimum Gasteiger partial charge on any atom is -0.496 e. The molecular weight excluding hydrogens is 510 g/mol. The van der Waals surface area contributed by atoms with Crippen molar-refractivity contribution in [2.45, 2.75) is 31.6 Å². The number of alkyl halides is 1. The summed E-state index contributed by atoms with van der Waals surface area (Å²) in [5.41, 5.74) is 13.7. The summed E-state index contributed by atoms with van der Waals surface area (Å²) in [7, 11) is 1.40. The third-order valence-corrected chi connectivity index (χ3v) is 7.13. The summed E-state index contributed by atoms with van der Waals surface area (Å²) in [5.74, 6) is -2.19. The fraction of sp³-hybridized carbons (Fsp3) is 0.333. The third kappa shape index (κ3) is 5.14. The standard InChI is InChI=1S/C27H28F2N6O4/c1-39-21-7-6-16(28)10-19(21)26(37)32-12-14-2-4-15(5-3-14)23-22(25(31)36)24(30)35(33-23)17-8-9-34(13-17)27(38)18-11-20(18)29/h2-7,10,17-18,20H,8-9,11-13,30H2,1H3,(H2,31,36)(H,32,37)/t17?,18-,20+/m1/s1. The van der Waals surface area contributed by atoms with Crippen LogP contribution >= 0.6 is 0 Å². The molecule has 12 heteroatoms. The van der Waals surface area contributed by atoms with Gasteiger partial charge in [-0.05, 0) is 36.6 Å². The molecule has 5 N–H and O–H groups in total. The summed E-state index contributed by atoms with van der Waals surface area (Å²) in [6.07, 6.45) is -0.244. The number of benzene rings is 2. The maximum atomic E-state index is 13.6. The van der Waals surface area contributed by atoms with Gasteiger partial charge in [0, 0.05) is 25.2 Å². The SMILES string of the molecule is COc1ccc(F)cc1C(=O)NCc1ccc(-c2nn(C3CCN(C(=O)[C@@H]4C[C@@H]4F)C3)c(N)c2C(N)=O)cc1. The highest BCUT2D eigenvalue weighted by molar-refractivity contribution is 6.03. The molecular formula is C27H28F2N6O4. The van der Waals surface area contributed by atoms with Crippen LogP contribution in [0.3, 0.4) is 0 Å². The molecule has 10 nitrogen and oxygen atoms in total. The Hall–Kier alpha value is -4.48. The molecule has 1 aliphatic carbocycles. The largest absolute Gasteiger partial charge is 0.496 e. The number of rotatable bonds is 8. The Labute approximate surface area is 222 Å². The molecule has 2 fully saturated rings. The molecule has 0 radical (unpaired) electrons. The van der Waals surface area contributed by atoms with Crippen molar-refractivity contribution in [1.29, 1.82) is 0 Å². The zero-order valence-electron chi connectivity index (χ0n) is 21.2. The number of anilines is 1. The zero-order valence-corrected chi connectivity index (χ0v) is 21.2. The number of hydrogen-bond acceptors (Lipinski definition) is 6. The number of primary amides is 1. The van der Waals surface area contributed by atoms with Crippen molar-refractivity contribution in [2.24, 2.45) is 11.7 Å². The summed E-state index contributed by atoms with van der Waals surface area (Å²) < 4.78 is 33.6. The molecule has 5 rings (SSSR count). The summed E-state index contributed by atoms with van der Waals surface area (Å²) in [6.45, 7) is 0.931. The van der Waals surface area contributed by atoms with E-state index in [0.29, 0.717) is 30.8 Å². The maximum Gasteiger partial charge on any atom is 0.255 e. The molecule has 3 atom stereocenters. The van der Waals surface area contributed by atoms with Crippen LogP contribution in [0.4, 0.5) is 14.6 Å². The molecule has 3 amide bonds. The number of carbonyl (C=O) groups excluding carboxylic acids is 3. The number of nitrogens with zero attached hydrogens (tertiary/aromatic N) is 3. The molecule has 1 saturated carbocycles. The quantitative estimate of drug-likeness (QED) is 0.402. The van der Waals surface area contributed by atoms with E-state index in [1.165, 1.54) is 23.9 Å². The first kappa shape index (κ1) is 26.1. The average molecular weight is 539 g/mol. The number of halogens is 2. The van der Waals surface area contributed by atoms with Crippen molar-refractivity contribution < 1.29 is 27.9 Å². The molecule has 2 heterocycles. The number of amides is 3. The molecule has 39 heavy (non-hydrogen) atoms. The topological polar surface area (TPSA) is 146 Å². The van der Waals surface area contributed by atoms with E-state index in [1.807, 2.05) is 0 Å². The fourth-order valence-electron chi connectivity index (χ4n) is 4.88. The Morgan fingerprint density at radius 3 is 2.54 bits per heavy atom. The predicted octanol–water partition coefficient (Wildman–Crippen LogP) is 2.44. The smallest absolute Gasteiger partial charge is 0.255 e. The number of nitrogens with one attached hydrogen (secondary N) is 1. The van der Waals surface area contributed by atoms with Gasteiger partial charge >= 0.3 is 0 Å². The number of ether oxygens (including phenoxy) is 1. The maximum absolute atomic E-state index is 13.6. The van der Waals surface area contributed by atoms with E-state index in [1.54, 1.807) is 29.2 Å². The molecule has 3 aromatic rings. The van der Waals surface area contributed by atoms with E-state index >= 15 is 0 Å². The monoisotopic (exact) mass is 538 g/mol. The van der Waals surface area contributed by atoms with Crippen molar-refractivity contribution in [2.75, 3.05) is 25.9 Å². The van der Waals surface area contributed by atoms with Crippen LogP contribution < -0.4 is 21.5 Å². The van der Waals surface area contributed by atoms with E-state index < -0.39 is 29.7 Å². The lowest BCUT2D eigenvalue weighted by atomic mass is 10.0. The lowest BCUT2D eigenvalue weighted by Gasteiger charge is -2.17. The molecule has 1 unspecified atom stereocenters. The van der Waals surface area contributed by atoms with Crippen molar-refractivity contribution >= 4 is 23.5 Å². The lowest BCUT2D eigenvalue weighted by Crippen LogP contribution is -2.31. The number of carbonyl (C=O) groups is 3. The third-order valence-electron chi connectivity index (χ3n) is 7.13. The number of methoxy groups -OCH3 is 1. The number of hydrogen-bond donors (Lipinski definition) is 3. The fourth-order valence-corrected chi connectivity index (χ4v) is 4.88. The zero-order chi connectivity index (χ0) is 27.8. The Kier molecular flexibility index (Phi) is 6.94. The van der Waals surface area contributed by atoms with Crippen LogP contribution in [0.15, 0.2) is 42.5 Å². The predicted molar refractivity (Wildman–Crippen MR) is 138 cm³/mol. The van der Waals surface area contributed by atoms with Crippen LogP contribution in [0, 0.1) is 11.7 Å². The van der Waals surface area contributed by atoms with E-state index in [4.69, 9.17) is 16.2 Å². The van der Waals surface area contributed by atoms with Gasteiger partial charge in [0.15, 0.2) is 0 Å². The van der Waals surface area contributed by atoms with Gasteiger partial charge in [-0.3, -0.25) is 14.4 Å². The van der Waals surface area contributed by atoms with Gasteiger partial charge in [-0.2, -0.15) is 5.10 Å². The van der Waals surface area contributed by atoms with Crippen molar-refractivity contribution in [1.82, 2.24) is 20.0 Å². The van der Waals surface area contributed by atoms with Gasteiger partial charge in [0.2, 0.25) is 5.91 Å². The highest BCUT2D eigenvalue weighted by Crippen LogP contribution is 2.38. The highest BCUT2D eigenvalue weighted by Gasteiger charge is 2.47. The van der Waals surface area contributed by atoms with Gasteiger partial charge in [-0.1, -0.05) is 24.3 Å². The van der Waals surface area contributed by atoms with E-state index in [2.05, 4.69) is 10.4 Å². The highest BCUT2D eigenvalue weighted by atomic mass is 19.1. The van der Waals surface area contributed by atoms with E-state index in [0.717, 1.165) is 11.6 Å². The molecule has 1 aromatic heterocycles. The van der Waals surface area contributed by atoms with Gasteiger partial charge in [0.05, 0.1) is 24.6 Å². The molecule has 204 valence electrons. The molecule has 2 aromatic carbocycles. The first-order chi connectivity index (χ1) is 18.7. The number of likely N-dealkylation sites (tertiary alicyclic amines) is 1. The van der Waals surface area contributed by atoms with Gasteiger partial charge in [0.25, 0.3) is 11.8 Å². The number of aromatic nitrogens is 2. The summed E-state index contributed by atoms with van der Waals surface area (Å²) >= 11 is 0.